The van der Waals surface area contributed by atoms with Crippen molar-refractivity contribution in [3.05, 3.63) is 29.8 Å². The number of ether oxygens (including phenoxy) is 1. The van der Waals surface area contributed by atoms with Crippen LogP contribution in [0.3, 0.4) is 0 Å². The van der Waals surface area contributed by atoms with Crippen LogP contribution in [-0.4, -0.2) is 29.1 Å². The molecule has 22 heavy (non-hydrogen) atoms. The van der Waals surface area contributed by atoms with Crippen LogP contribution >= 0.6 is 0 Å². The molecule has 0 radical (unpaired) electrons. The van der Waals surface area contributed by atoms with Crippen molar-refractivity contribution in [3.8, 4) is 5.75 Å². The van der Waals surface area contributed by atoms with Gasteiger partial charge in [-0.15, -0.1) is 0 Å². The predicted molar refractivity (Wildman–Crippen MR) is 82.9 cm³/mol. The van der Waals surface area contributed by atoms with Crippen molar-refractivity contribution in [1.82, 2.24) is 5.32 Å². The Balaban J connectivity index is 1.83. The second-order valence-corrected chi connectivity index (χ2v) is 5.82. The average molecular weight is 305 g/mol. The van der Waals surface area contributed by atoms with Crippen LogP contribution in [0.25, 0.3) is 0 Å². The molecule has 2 N–H and O–H groups in total. The van der Waals surface area contributed by atoms with Crippen molar-refractivity contribution in [1.29, 1.82) is 0 Å². The highest BCUT2D eigenvalue weighted by Gasteiger charge is 2.20. The Morgan fingerprint density at radius 1 is 1.23 bits per heavy atom. The number of carbonyl (C=O) groups excluding carboxylic acids is 1. The summed E-state index contributed by atoms with van der Waals surface area (Å²) >= 11 is 0. The molecule has 1 aromatic carbocycles. The lowest BCUT2D eigenvalue weighted by Gasteiger charge is -2.24. The summed E-state index contributed by atoms with van der Waals surface area (Å²) in [6, 6.07) is 7.07. The zero-order valence-electron chi connectivity index (χ0n) is 12.9. The van der Waals surface area contributed by atoms with E-state index in [0.717, 1.165) is 12.8 Å². The minimum absolute atomic E-state index is 0.0159. The highest BCUT2D eigenvalue weighted by Crippen LogP contribution is 2.18. The number of carboxylic acid groups (broad SMARTS) is 1. The van der Waals surface area contributed by atoms with E-state index in [1.807, 2.05) is 0 Å². The molecule has 5 nitrogen and oxygen atoms in total. The lowest BCUT2D eigenvalue weighted by molar-refractivity contribution is -0.136. The molecule has 1 aliphatic carbocycles. The maximum absolute atomic E-state index is 12.1. The van der Waals surface area contributed by atoms with Gasteiger partial charge in [-0.1, -0.05) is 31.4 Å². The maximum atomic E-state index is 12.1. The first-order valence-electron chi connectivity index (χ1n) is 7.82. The number of carbonyl (C=O) groups is 2. The Morgan fingerprint density at radius 3 is 2.45 bits per heavy atom. The van der Waals surface area contributed by atoms with Gasteiger partial charge in [0.25, 0.3) is 5.91 Å². The Hall–Kier alpha value is -2.04. The number of hydrogen-bond acceptors (Lipinski definition) is 3. The molecule has 1 amide bonds. The van der Waals surface area contributed by atoms with Crippen LogP contribution in [0.4, 0.5) is 0 Å². The summed E-state index contributed by atoms with van der Waals surface area (Å²) in [6.07, 6.45) is 5.10. The van der Waals surface area contributed by atoms with Crippen molar-refractivity contribution >= 4 is 11.9 Å². The van der Waals surface area contributed by atoms with Crippen molar-refractivity contribution in [2.24, 2.45) is 0 Å². The Labute approximate surface area is 130 Å². The fourth-order valence-corrected chi connectivity index (χ4v) is 2.68. The largest absolute Gasteiger partial charge is 0.481 e. The lowest BCUT2D eigenvalue weighted by Crippen LogP contribution is -2.43. The molecule has 1 atom stereocenters. The zero-order valence-corrected chi connectivity index (χ0v) is 12.9. The Bertz CT molecular complexity index is 506. The van der Waals surface area contributed by atoms with E-state index in [-0.39, 0.29) is 18.4 Å². The summed E-state index contributed by atoms with van der Waals surface area (Å²) in [7, 11) is 0. The van der Waals surface area contributed by atoms with Gasteiger partial charge in [-0.3, -0.25) is 9.59 Å². The first-order chi connectivity index (χ1) is 10.5. The second kappa shape index (κ2) is 7.82. The molecule has 1 aliphatic rings. The smallest absolute Gasteiger partial charge is 0.307 e. The van der Waals surface area contributed by atoms with E-state index < -0.39 is 12.1 Å². The summed E-state index contributed by atoms with van der Waals surface area (Å²) in [4.78, 5) is 22.7. The van der Waals surface area contributed by atoms with E-state index in [2.05, 4.69) is 5.32 Å². The molecule has 0 aromatic heterocycles. The zero-order chi connectivity index (χ0) is 15.9. The fraction of sp³-hybridized carbons (Fsp3) is 0.529. The number of rotatable bonds is 6. The molecule has 0 aliphatic heterocycles. The van der Waals surface area contributed by atoms with Gasteiger partial charge >= 0.3 is 5.97 Å². The van der Waals surface area contributed by atoms with Gasteiger partial charge in [-0.05, 0) is 37.5 Å². The molecule has 120 valence electrons. The molecule has 1 fully saturated rings. The number of aliphatic carboxylic acids is 1. The Morgan fingerprint density at radius 2 is 1.86 bits per heavy atom. The fourth-order valence-electron chi connectivity index (χ4n) is 2.68. The first kappa shape index (κ1) is 16.3. The third-order valence-corrected chi connectivity index (χ3v) is 3.91. The van der Waals surface area contributed by atoms with Crippen LogP contribution in [0.5, 0.6) is 5.75 Å². The van der Waals surface area contributed by atoms with Crippen molar-refractivity contribution in [3.63, 3.8) is 0 Å². The van der Waals surface area contributed by atoms with Crippen LogP contribution in [0, 0.1) is 0 Å². The number of nitrogens with one attached hydrogen (secondary N) is 1. The van der Waals surface area contributed by atoms with Gasteiger partial charge in [0.05, 0.1) is 6.42 Å². The summed E-state index contributed by atoms with van der Waals surface area (Å²) in [5, 5.41) is 11.8. The van der Waals surface area contributed by atoms with Gasteiger partial charge in [0.1, 0.15) is 5.75 Å². The number of amides is 1. The van der Waals surface area contributed by atoms with E-state index >= 15 is 0 Å². The third kappa shape index (κ3) is 5.06. The van der Waals surface area contributed by atoms with Gasteiger partial charge in [0.2, 0.25) is 0 Å². The normalized spacial score (nSPS) is 16.8. The molecule has 0 bridgehead atoms. The van der Waals surface area contributed by atoms with Crippen LogP contribution in [0.15, 0.2) is 24.3 Å². The van der Waals surface area contributed by atoms with Crippen LogP contribution in [-0.2, 0) is 16.0 Å². The second-order valence-electron chi connectivity index (χ2n) is 5.82. The summed E-state index contributed by atoms with van der Waals surface area (Å²) in [6.45, 7) is 1.73. The lowest BCUT2D eigenvalue weighted by atomic mass is 9.95. The first-order valence-corrected chi connectivity index (χ1v) is 7.82. The Kier molecular flexibility index (Phi) is 5.81. The van der Waals surface area contributed by atoms with E-state index in [0.29, 0.717) is 11.3 Å². The molecular formula is C17H23NO4. The van der Waals surface area contributed by atoms with Crippen molar-refractivity contribution in [2.45, 2.75) is 57.6 Å². The average Bonchev–Trinajstić information content (AvgIpc) is 2.49. The number of hydrogen-bond donors (Lipinski definition) is 2. The molecule has 2 rings (SSSR count). The quantitative estimate of drug-likeness (QED) is 0.847. The molecule has 5 heteroatoms. The molecule has 0 heterocycles. The van der Waals surface area contributed by atoms with E-state index in [4.69, 9.17) is 9.84 Å². The van der Waals surface area contributed by atoms with Crippen LogP contribution < -0.4 is 10.1 Å². The molecule has 1 saturated carbocycles. The number of benzene rings is 1. The monoisotopic (exact) mass is 305 g/mol. The third-order valence-electron chi connectivity index (χ3n) is 3.91. The topological polar surface area (TPSA) is 75.6 Å². The molecule has 0 unspecified atom stereocenters. The number of carboxylic acids is 1. The molecule has 0 saturated heterocycles. The van der Waals surface area contributed by atoms with Crippen molar-refractivity contribution < 1.29 is 19.4 Å². The molecule has 1 aromatic rings. The summed E-state index contributed by atoms with van der Waals surface area (Å²) in [5.41, 5.74) is 0.708. The van der Waals surface area contributed by atoms with E-state index in [9.17, 15) is 9.59 Å². The van der Waals surface area contributed by atoms with Crippen LogP contribution in [0.2, 0.25) is 0 Å². The SMILES string of the molecule is C[C@@H](Oc1ccc(CC(=O)O)cc1)C(=O)NC1CCCCC1. The summed E-state index contributed by atoms with van der Waals surface area (Å²) < 4.78 is 5.62. The van der Waals surface area contributed by atoms with Gasteiger partial charge in [0, 0.05) is 6.04 Å². The minimum Gasteiger partial charge on any atom is -0.481 e. The minimum atomic E-state index is -0.867. The molecular weight excluding hydrogens is 282 g/mol. The van der Waals surface area contributed by atoms with Crippen LogP contribution in [0.1, 0.15) is 44.6 Å². The molecule has 0 spiro atoms. The maximum Gasteiger partial charge on any atom is 0.307 e. The summed E-state index contributed by atoms with van der Waals surface area (Å²) in [5.74, 6) is -0.393. The standard InChI is InChI=1S/C17H23NO4/c1-12(17(21)18-14-5-3-2-4-6-14)22-15-9-7-13(8-10-15)11-16(19)20/h7-10,12,14H,2-6,11H2,1H3,(H,18,21)(H,19,20)/t12-/m1/s1. The van der Waals surface area contributed by atoms with Crippen molar-refractivity contribution in [2.75, 3.05) is 0 Å². The van der Waals surface area contributed by atoms with E-state index in [1.165, 1.54) is 19.3 Å². The highest BCUT2D eigenvalue weighted by atomic mass is 16.5. The predicted octanol–water partition coefficient (Wildman–Crippen LogP) is 2.53. The van der Waals surface area contributed by atoms with E-state index in [1.54, 1.807) is 31.2 Å². The van der Waals surface area contributed by atoms with Gasteiger partial charge in [-0.2, -0.15) is 0 Å². The highest BCUT2D eigenvalue weighted by molar-refractivity contribution is 5.81. The van der Waals surface area contributed by atoms with Gasteiger partial charge < -0.3 is 15.2 Å². The van der Waals surface area contributed by atoms with Gasteiger partial charge in [-0.25, -0.2) is 0 Å². The van der Waals surface area contributed by atoms with Gasteiger partial charge in [0.15, 0.2) is 6.10 Å².